The van der Waals surface area contributed by atoms with Gasteiger partial charge >= 0.3 is 0 Å². The lowest BCUT2D eigenvalue weighted by Crippen LogP contribution is -2.40. The molecule has 1 unspecified atom stereocenters. The molecule has 0 saturated carbocycles. The Kier molecular flexibility index (Phi) is 2.25. The van der Waals surface area contributed by atoms with Crippen LogP contribution in [0.4, 0.5) is 5.69 Å². The number of fused-ring (bicyclic) bond motifs is 6. The van der Waals surface area contributed by atoms with E-state index in [2.05, 4.69) is 46.3 Å². The first-order valence-electron chi connectivity index (χ1n) is 7.82. The van der Waals surface area contributed by atoms with Crippen molar-refractivity contribution in [3.05, 3.63) is 65.2 Å². The molecule has 3 heterocycles. The standard InChI is InChI=1S/C19H16N2O/c22-17-11-19(12-20-16-8-4-3-7-15(16)19)18-14-6-2-1-5-13(14)9-10-21(17)18/h1-8,12,18H,9-11H2/t18?,19-/m1/s1. The Hall–Kier alpha value is -2.42. The predicted molar refractivity (Wildman–Crippen MR) is 85.5 cm³/mol. The summed E-state index contributed by atoms with van der Waals surface area (Å²) in [6, 6.07) is 16.9. The van der Waals surface area contributed by atoms with Crippen LogP contribution in [0.5, 0.6) is 0 Å². The third-order valence-electron chi connectivity index (χ3n) is 5.37. The molecule has 0 aliphatic carbocycles. The fraction of sp³-hybridized carbons (Fsp3) is 0.263. The number of carbonyl (C=O) groups excluding carboxylic acids is 1. The molecule has 108 valence electrons. The van der Waals surface area contributed by atoms with E-state index in [4.69, 9.17) is 0 Å². The summed E-state index contributed by atoms with van der Waals surface area (Å²) in [4.78, 5) is 19.3. The Labute approximate surface area is 129 Å². The van der Waals surface area contributed by atoms with E-state index >= 15 is 0 Å². The molecule has 1 spiro atoms. The first-order chi connectivity index (χ1) is 10.8. The maximum Gasteiger partial charge on any atom is 0.224 e. The molecule has 3 aliphatic rings. The molecule has 0 N–H and O–H groups in total. The van der Waals surface area contributed by atoms with E-state index < -0.39 is 0 Å². The topological polar surface area (TPSA) is 32.7 Å². The summed E-state index contributed by atoms with van der Waals surface area (Å²) in [5.41, 5.74) is 4.59. The Morgan fingerprint density at radius 3 is 2.86 bits per heavy atom. The van der Waals surface area contributed by atoms with Crippen molar-refractivity contribution in [3.63, 3.8) is 0 Å². The van der Waals surface area contributed by atoms with Crippen molar-refractivity contribution in [2.75, 3.05) is 6.54 Å². The van der Waals surface area contributed by atoms with Crippen LogP contribution in [0.1, 0.15) is 29.2 Å². The van der Waals surface area contributed by atoms with E-state index in [1.54, 1.807) is 0 Å². The number of rotatable bonds is 0. The lowest BCUT2D eigenvalue weighted by Gasteiger charge is -2.38. The van der Waals surface area contributed by atoms with E-state index in [0.717, 1.165) is 18.7 Å². The molecule has 5 rings (SSSR count). The van der Waals surface area contributed by atoms with Gasteiger partial charge in [0.25, 0.3) is 0 Å². The fourth-order valence-electron chi connectivity index (χ4n) is 4.43. The van der Waals surface area contributed by atoms with Gasteiger partial charge in [0.1, 0.15) is 0 Å². The number of nitrogens with zero attached hydrogens (tertiary/aromatic N) is 2. The summed E-state index contributed by atoms with van der Waals surface area (Å²) in [5, 5.41) is 0. The van der Waals surface area contributed by atoms with Gasteiger partial charge in [-0.2, -0.15) is 0 Å². The van der Waals surface area contributed by atoms with Crippen LogP contribution in [0.15, 0.2) is 53.5 Å². The van der Waals surface area contributed by atoms with Gasteiger partial charge in [-0.15, -0.1) is 0 Å². The van der Waals surface area contributed by atoms with Crippen LogP contribution in [0.3, 0.4) is 0 Å². The minimum absolute atomic E-state index is 0.0948. The molecule has 2 atom stereocenters. The molecule has 1 amide bonds. The quantitative estimate of drug-likeness (QED) is 0.733. The molecular formula is C19H16N2O. The number of hydrogen-bond donors (Lipinski definition) is 0. The van der Waals surface area contributed by atoms with Crippen LogP contribution in [0.2, 0.25) is 0 Å². The van der Waals surface area contributed by atoms with Crippen LogP contribution in [-0.4, -0.2) is 23.6 Å². The Morgan fingerprint density at radius 1 is 1.09 bits per heavy atom. The highest BCUT2D eigenvalue weighted by Gasteiger charge is 2.56. The van der Waals surface area contributed by atoms with Gasteiger partial charge in [-0.1, -0.05) is 42.5 Å². The molecule has 1 saturated heterocycles. The van der Waals surface area contributed by atoms with Gasteiger partial charge in [0.2, 0.25) is 5.91 Å². The first-order valence-corrected chi connectivity index (χ1v) is 7.82. The van der Waals surface area contributed by atoms with E-state index in [1.807, 2.05) is 18.3 Å². The third kappa shape index (κ3) is 1.36. The largest absolute Gasteiger partial charge is 0.334 e. The van der Waals surface area contributed by atoms with Gasteiger partial charge in [0.05, 0.1) is 17.1 Å². The van der Waals surface area contributed by atoms with Crippen LogP contribution in [0, 0.1) is 0 Å². The number of aliphatic imine (C=N–C) groups is 1. The molecule has 1 fully saturated rings. The summed E-state index contributed by atoms with van der Waals surface area (Å²) >= 11 is 0. The average molecular weight is 288 g/mol. The summed E-state index contributed by atoms with van der Waals surface area (Å²) < 4.78 is 0. The van der Waals surface area contributed by atoms with E-state index in [-0.39, 0.29) is 17.4 Å². The third-order valence-corrected chi connectivity index (χ3v) is 5.37. The minimum atomic E-state index is -0.287. The smallest absolute Gasteiger partial charge is 0.224 e. The molecule has 2 aromatic rings. The highest BCUT2D eigenvalue weighted by Crippen LogP contribution is 2.55. The second-order valence-electron chi connectivity index (χ2n) is 6.43. The van der Waals surface area contributed by atoms with Crippen molar-refractivity contribution >= 4 is 17.8 Å². The monoisotopic (exact) mass is 288 g/mol. The molecule has 22 heavy (non-hydrogen) atoms. The van der Waals surface area contributed by atoms with Crippen LogP contribution in [-0.2, 0) is 16.6 Å². The Balaban J connectivity index is 1.77. The number of carbonyl (C=O) groups is 1. The molecular weight excluding hydrogens is 272 g/mol. The molecule has 3 heteroatoms. The molecule has 0 radical (unpaired) electrons. The maximum atomic E-state index is 12.7. The van der Waals surface area contributed by atoms with Crippen molar-refractivity contribution in [1.29, 1.82) is 0 Å². The van der Waals surface area contributed by atoms with Crippen molar-refractivity contribution in [2.24, 2.45) is 4.99 Å². The normalized spacial score (nSPS) is 27.9. The highest BCUT2D eigenvalue weighted by molar-refractivity contribution is 5.96. The van der Waals surface area contributed by atoms with E-state index in [0.29, 0.717) is 6.42 Å². The maximum absolute atomic E-state index is 12.7. The average Bonchev–Trinajstić information content (AvgIpc) is 3.07. The van der Waals surface area contributed by atoms with Gasteiger partial charge in [-0.25, -0.2) is 0 Å². The number of para-hydroxylation sites is 1. The van der Waals surface area contributed by atoms with Crippen molar-refractivity contribution < 1.29 is 4.79 Å². The molecule has 3 aliphatic heterocycles. The van der Waals surface area contributed by atoms with E-state index in [1.165, 1.54) is 16.7 Å². The van der Waals surface area contributed by atoms with Gasteiger partial charge in [0, 0.05) is 19.2 Å². The molecule has 0 bridgehead atoms. The van der Waals surface area contributed by atoms with Crippen LogP contribution < -0.4 is 0 Å². The fourth-order valence-corrected chi connectivity index (χ4v) is 4.43. The van der Waals surface area contributed by atoms with Gasteiger partial charge in [-0.3, -0.25) is 9.79 Å². The molecule has 2 aromatic carbocycles. The Bertz CT molecular complexity index is 826. The number of amides is 1. The molecule has 0 aromatic heterocycles. The lowest BCUT2D eigenvalue weighted by molar-refractivity contribution is -0.129. The SMILES string of the molecule is O=C1C[C@]2(C=Nc3ccccc32)C2c3ccccc3CCN12. The van der Waals surface area contributed by atoms with Crippen LogP contribution >= 0.6 is 0 Å². The second kappa shape index (κ2) is 4.07. The number of hydrogen-bond acceptors (Lipinski definition) is 2. The first kappa shape index (κ1) is 12.2. The summed E-state index contributed by atoms with van der Waals surface area (Å²) in [5.74, 6) is 0.252. The predicted octanol–water partition coefficient (Wildman–Crippen LogP) is 3.17. The lowest BCUT2D eigenvalue weighted by atomic mass is 9.71. The van der Waals surface area contributed by atoms with Gasteiger partial charge in [-0.05, 0) is 29.2 Å². The van der Waals surface area contributed by atoms with Crippen LogP contribution in [0.25, 0.3) is 0 Å². The zero-order chi connectivity index (χ0) is 14.7. The van der Waals surface area contributed by atoms with Gasteiger partial charge in [0.15, 0.2) is 0 Å². The zero-order valence-electron chi connectivity index (χ0n) is 12.2. The number of benzene rings is 2. The summed E-state index contributed by atoms with van der Waals surface area (Å²) in [7, 11) is 0. The van der Waals surface area contributed by atoms with Crippen molar-refractivity contribution in [2.45, 2.75) is 24.3 Å². The summed E-state index contributed by atoms with van der Waals surface area (Å²) in [6.07, 6.45) is 3.52. The molecule has 3 nitrogen and oxygen atoms in total. The van der Waals surface area contributed by atoms with E-state index in [9.17, 15) is 4.79 Å². The minimum Gasteiger partial charge on any atom is -0.334 e. The highest BCUT2D eigenvalue weighted by atomic mass is 16.2. The van der Waals surface area contributed by atoms with Crippen molar-refractivity contribution in [3.8, 4) is 0 Å². The van der Waals surface area contributed by atoms with Crippen molar-refractivity contribution in [1.82, 2.24) is 4.90 Å². The Morgan fingerprint density at radius 2 is 1.91 bits per heavy atom. The van der Waals surface area contributed by atoms with Gasteiger partial charge < -0.3 is 4.90 Å². The summed E-state index contributed by atoms with van der Waals surface area (Å²) in [6.45, 7) is 0.818. The second-order valence-corrected chi connectivity index (χ2v) is 6.43. The zero-order valence-corrected chi connectivity index (χ0v) is 12.2.